The van der Waals surface area contributed by atoms with E-state index in [1.807, 2.05) is 17.4 Å². The van der Waals surface area contributed by atoms with E-state index in [9.17, 15) is 0 Å². The Kier molecular flexibility index (Phi) is 3.76. The van der Waals surface area contributed by atoms with Crippen LogP contribution < -0.4 is 5.32 Å². The minimum atomic E-state index is 0.511. The van der Waals surface area contributed by atoms with E-state index in [1.165, 1.54) is 15.3 Å². The highest BCUT2D eigenvalue weighted by atomic mass is 32.1. The smallest absolute Gasteiger partial charge is 0.0893 e. The third-order valence-corrected chi connectivity index (χ3v) is 4.23. The summed E-state index contributed by atoms with van der Waals surface area (Å²) in [6, 6.07) is 11.1. The van der Waals surface area contributed by atoms with Crippen molar-refractivity contribution in [1.29, 1.82) is 0 Å². The number of rotatable bonds is 4. The van der Waals surface area contributed by atoms with E-state index in [1.54, 1.807) is 12.4 Å². The fourth-order valence-electron chi connectivity index (χ4n) is 2.05. The molecular formula is C16H17N3S. The zero-order valence-electron chi connectivity index (χ0n) is 11.6. The van der Waals surface area contributed by atoms with Gasteiger partial charge >= 0.3 is 0 Å². The highest BCUT2D eigenvalue weighted by molar-refractivity contribution is 7.15. The first kappa shape index (κ1) is 13.2. The van der Waals surface area contributed by atoms with Crippen molar-refractivity contribution in [1.82, 2.24) is 15.3 Å². The number of thiophene rings is 1. The molecule has 2 heterocycles. The summed E-state index contributed by atoms with van der Waals surface area (Å²) in [6.07, 6.45) is 3.46. The van der Waals surface area contributed by atoms with E-state index in [0.717, 1.165) is 17.6 Å². The number of hydrogen-bond acceptors (Lipinski definition) is 4. The molecule has 0 saturated carbocycles. The Labute approximate surface area is 122 Å². The van der Waals surface area contributed by atoms with Crippen molar-refractivity contribution in [2.75, 3.05) is 0 Å². The first-order chi connectivity index (χ1) is 9.72. The van der Waals surface area contributed by atoms with E-state index in [0.29, 0.717) is 6.04 Å². The number of hydrogen-bond donors (Lipinski definition) is 1. The Hall–Kier alpha value is -1.78. The largest absolute Gasteiger partial charge is 0.310 e. The number of fused-ring (bicyclic) bond motifs is 1. The van der Waals surface area contributed by atoms with Crippen LogP contribution in [-0.2, 0) is 6.54 Å². The summed E-state index contributed by atoms with van der Waals surface area (Å²) in [5.41, 5.74) is 3.09. The standard InChI is InChI=1S/C16H17N3S/c1-11(2)19-10-13-4-6-16(20-13)12-3-5-14-15(9-12)18-8-7-17-14/h3-9,11,19H,10H2,1-2H3. The third-order valence-electron chi connectivity index (χ3n) is 3.10. The molecule has 1 N–H and O–H groups in total. The van der Waals surface area contributed by atoms with Gasteiger partial charge in [0.15, 0.2) is 0 Å². The quantitative estimate of drug-likeness (QED) is 0.790. The first-order valence-corrected chi connectivity index (χ1v) is 7.57. The lowest BCUT2D eigenvalue weighted by atomic mass is 10.1. The monoisotopic (exact) mass is 283 g/mol. The summed E-state index contributed by atoms with van der Waals surface area (Å²) in [7, 11) is 0. The molecule has 0 spiro atoms. The number of nitrogens with one attached hydrogen (secondary N) is 1. The van der Waals surface area contributed by atoms with Gasteiger partial charge in [-0.25, -0.2) is 0 Å². The maximum atomic E-state index is 4.36. The molecule has 2 aromatic heterocycles. The molecule has 0 fully saturated rings. The maximum absolute atomic E-state index is 4.36. The maximum Gasteiger partial charge on any atom is 0.0893 e. The van der Waals surface area contributed by atoms with Gasteiger partial charge in [0.05, 0.1) is 11.0 Å². The Morgan fingerprint density at radius 3 is 2.65 bits per heavy atom. The van der Waals surface area contributed by atoms with Crippen LogP contribution in [0.3, 0.4) is 0 Å². The molecule has 3 aromatic rings. The summed E-state index contributed by atoms with van der Waals surface area (Å²) in [5, 5.41) is 3.44. The van der Waals surface area contributed by atoms with Crippen LogP contribution >= 0.6 is 11.3 Å². The second kappa shape index (κ2) is 5.69. The predicted molar refractivity (Wildman–Crippen MR) is 84.8 cm³/mol. The lowest BCUT2D eigenvalue weighted by molar-refractivity contribution is 0.593. The van der Waals surface area contributed by atoms with Crippen molar-refractivity contribution in [3.05, 3.63) is 47.6 Å². The summed E-state index contributed by atoms with van der Waals surface area (Å²) >= 11 is 1.83. The molecule has 0 saturated heterocycles. The number of benzene rings is 1. The van der Waals surface area contributed by atoms with Crippen LogP contribution in [0.1, 0.15) is 18.7 Å². The summed E-state index contributed by atoms with van der Waals surface area (Å²) in [4.78, 5) is 11.3. The molecule has 0 amide bonds. The second-order valence-electron chi connectivity index (χ2n) is 5.06. The van der Waals surface area contributed by atoms with Crippen molar-refractivity contribution in [3.63, 3.8) is 0 Å². The molecule has 4 heteroatoms. The summed E-state index contributed by atoms with van der Waals surface area (Å²) < 4.78 is 0. The van der Waals surface area contributed by atoms with Gasteiger partial charge in [0.2, 0.25) is 0 Å². The van der Waals surface area contributed by atoms with Gasteiger partial charge in [-0.15, -0.1) is 11.3 Å². The molecule has 0 atom stereocenters. The molecule has 0 aliphatic heterocycles. The predicted octanol–water partition coefficient (Wildman–Crippen LogP) is 3.86. The molecule has 0 aliphatic carbocycles. The Bertz CT molecular complexity index is 718. The van der Waals surface area contributed by atoms with Crippen molar-refractivity contribution < 1.29 is 0 Å². The summed E-state index contributed by atoms with van der Waals surface area (Å²) in [5.74, 6) is 0. The number of aromatic nitrogens is 2. The van der Waals surface area contributed by atoms with Gasteiger partial charge in [-0.05, 0) is 29.8 Å². The van der Waals surface area contributed by atoms with Crippen LogP contribution in [0.4, 0.5) is 0 Å². The fraction of sp³-hybridized carbons (Fsp3) is 0.250. The molecule has 1 aromatic carbocycles. The fourth-order valence-corrected chi connectivity index (χ4v) is 3.00. The lowest BCUT2D eigenvalue weighted by Gasteiger charge is -2.05. The molecule has 0 unspecified atom stereocenters. The topological polar surface area (TPSA) is 37.8 Å². The third kappa shape index (κ3) is 2.86. The highest BCUT2D eigenvalue weighted by Crippen LogP contribution is 2.29. The van der Waals surface area contributed by atoms with Gasteiger partial charge in [-0.3, -0.25) is 9.97 Å². The van der Waals surface area contributed by atoms with Crippen LogP contribution in [0.5, 0.6) is 0 Å². The molecule has 0 aliphatic rings. The van der Waals surface area contributed by atoms with Gasteiger partial charge in [-0.2, -0.15) is 0 Å². The average molecular weight is 283 g/mol. The Morgan fingerprint density at radius 2 is 1.85 bits per heavy atom. The van der Waals surface area contributed by atoms with Crippen molar-refractivity contribution in [2.45, 2.75) is 26.4 Å². The van der Waals surface area contributed by atoms with Crippen LogP contribution in [0.25, 0.3) is 21.5 Å². The average Bonchev–Trinajstić information content (AvgIpc) is 2.93. The zero-order valence-corrected chi connectivity index (χ0v) is 12.4. The molecule has 3 nitrogen and oxygen atoms in total. The minimum Gasteiger partial charge on any atom is -0.310 e. The molecule has 0 bridgehead atoms. The van der Waals surface area contributed by atoms with E-state index in [-0.39, 0.29) is 0 Å². The molecule has 0 radical (unpaired) electrons. The molecule has 20 heavy (non-hydrogen) atoms. The van der Waals surface area contributed by atoms with Crippen LogP contribution in [0, 0.1) is 0 Å². The van der Waals surface area contributed by atoms with Crippen molar-refractivity contribution in [3.8, 4) is 10.4 Å². The first-order valence-electron chi connectivity index (χ1n) is 6.75. The molecule has 3 rings (SSSR count). The van der Waals surface area contributed by atoms with Gasteiger partial charge in [-0.1, -0.05) is 19.9 Å². The van der Waals surface area contributed by atoms with Gasteiger partial charge in [0.25, 0.3) is 0 Å². The molecule has 102 valence electrons. The van der Waals surface area contributed by atoms with Gasteiger partial charge in [0, 0.05) is 34.7 Å². The Morgan fingerprint density at radius 1 is 1.05 bits per heavy atom. The number of nitrogens with zero attached hydrogens (tertiary/aromatic N) is 2. The van der Waals surface area contributed by atoms with Crippen LogP contribution in [0.15, 0.2) is 42.7 Å². The van der Waals surface area contributed by atoms with E-state index >= 15 is 0 Å². The molecular weight excluding hydrogens is 266 g/mol. The minimum absolute atomic E-state index is 0.511. The van der Waals surface area contributed by atoms with Crippen LogP contribution in [-0.4, -0.2) is 16.0 Å². The Balaban J connectivity index is 1.87. The highest BCUT2D eigenvalue weighted by Gasteiger charge is 2.05. The zero-order chi connectivity index (χ0) is 13.9. The van der Waals surface area contributed by atoms with Crippen molar-refractivity contribution in [2.24, 2.45) is 0 Å². The van der Waals surface area contributed by atoms with Crippen molar-refractivity contribution >= 4 is 22.4 Å². The summed E-state index contributed by atoms with van der Waals surface area (Å²) in [6.45, 7) is 5.25. The normalized spacial score (nSPS) is 11.3. The van der Waals surface area contributed by atoms with E-state index < -0.39 is 0 Å². The van der Waals surface area contributed by atoms with E-state index in [2.05, 4.69) is 53.4 Å². The second-order valence-corrected chi connectivity index (χ2v) is 6.23. The van der Waals surface area contributed by atoms with E-state index in [4.69, 9.17) is 0 Å². The SMILES string of the molecule is CC(C)NCc1ccc(-c2ccc3nccnc3c2)s1. The van der Waals surface area contributed by atoms with Gasteiger partial charge < -0.3 is 5.32 Å². The van der Waals surface area contributed by atoms with Crippen LogP contribution in [0.2, 0.25) is 0 Å². The van der Waals surface area contributed by atoms with Gasteiger partial charge in [0.1, 0.15) is 0 Å². The lowest BCUT2D eigenvalue weighted by Crippen LogP contribution is -2.21.